The van der Waals surface area contributed by atoms with Crippen molar-refractivity contribution >= 4 is 0 Å². The summed E-state index contributed by atoms with van der Waals surface area (Å²) >= 11 is 0. The Bertz CT molecular complexity index is 624. The van der Waals surface area contributed by atoms with Crippen molar-refractivity contribution in [3.05, 3.63) is 35.4 Å². The quantitative estimate of drug-likeness (QED) is 0.728. The van der Waals surface area contributed by atoms with Crippen LogP contribution in [-0.4, -0.2) is 79.0 Å². The molecule has 2 aliphatic heterocycles. The van der Waals surface area contributed by atoms with Crippen molar-refractivity contribution in [2.24, 2.45) is 5.92 Å². The fraction of sp³-hybridized carbons (Fsp3) is 0.727. The summed E-state index contributed by atoms with van der Waals surface area (Å²) in [7, 11) is 2.20. The number of rotatable bonds is 5. The van der Waals surface area contributed by atoms with Crippen molar-refractivity contribution in [1.82, 2.24) is 15.1 Å². The minimum absolute atomic E-state index is 0.0781. The van der Waals surface area contributed by atoms with Crippen molar-refractivity contribution in [2.45, 2.75) is 43.2 Å². The Balaban J connectivity index is 1.48. The number of likely N-dealkylation sites (tertiary alicyclic amines) is 1. The highest BCUT2D eigenvalue weighted by atomic mass is 16.3. The Kier molecular flexibility index (Phi) is 5.86. The van der Waals surface area contributed by atoms with Crippen molar-refractivity contribution in [1.29, 1.82) is 0 Å². The number of hydrogen-bond acceptors (Lipinski definition) is 5. The van der Waals surface area contributed by atoms with Crippen molar-refractivity contribution in [3.63, 3.8) is 0 Å². The second-order valence-electron chi connectivity index (χ2n) is 8.83. The molecule has 3 aliphatic rings. The number of β-amino-alcohol motifs (C(OH)–C–C–N with tert-alkyl or cyclic N) is 1. The van der Waals surface area contributed by atoms with Crippen LogP contribution in [0.3, 0.4) is 0 Å². The fourth-order valence-electron chi connectivity index (χ4n) is 5.81. The molecular formula is C22H35N3O2. The lowest BCUT2D eigenvalue weighted by molar-refractivity contribution is -0.00105. The van der Waals surface area contributed by atoms with E-state index in [0.717, 1.165) is 52.1 Å². The van der Waals surface area contributed by atoms with E-state index in [9.17, 15) is 5.11 Å². The first-order valence-corrected chi connectivity index (χ1v) is 10.7. The molecule has 2 atom stereocenters. The Morgan fingerprint density at radius 2 is 1.89 bits per heavy atom. The van der Waals surface area contributed by atoms with Crippen LogP contribution in [0.15, 0.2) is 24.3 Å². The predicted octanol–water partition coefficient (Wildman–Crippen LogP) is 1.36. The predicted molar refractivity (Wildman–Crippen MR) is 108 cm³/mol. The molecule has 2 unspecified atom stereocenters. The summed E-state index contributed by atoms with van der Waals surface area (Å²) in [4.78, 5) is 4.78. The second-order valence-corrected chi connectivity index (χ2v) is 8.83. The molecule has 5 nitrogen and oxygen atoms in total. The second kappa shape index (κ2) is 8.18. The highest BCUT2D eigenvalue weighted by Crippen LogP contribution is 2.51. The molecule has 0 aromatic heterocycles. The van der Waals surface area contributed by atoms with E-state index in [1.165, 1.54) is 24.0 Å². The van der Waals surface area contributed by atoms with Gasteiger partial charge < -0.3 is 20.4 Å². The number of fused-ring (bicyclic) bond motifs is 2. The van der Waals surface area contributed by atoms with Crippen LogP contribution in [0.25, 0.3) is 0 Å². The number of nitrogens with zero attached hydrogens (tertiary/aromatic N) is 2. The van der Waals surface area contributed by atoms with E-state index in [0.29, 0.717) is 5.92 Å². The molecular weight excluding hydrogens is 338 g/mol. The standard InChI is InChI=1S/C22H35N3O2/c1-24(16-17-6-12-25(13-7-17)14-15-26)20-18-4-2-3-5-19(18)22(21(20)27)8-10-23-11-9-22/h2-5,17,20-21,23,26-27H,6-16H2,1H3. The minimum atomic E-state index is -0.323. The normalized spacial score (nSPS) is 28.7. The number of aliphatic hydroxyl groups excluding tert-OH is 2. The zero-order valence-electron chi connectivity index (χ0n) is 16.6. The van der Waals surface area contributed by atoms with Gasteiger partial charge in [-0.1, -0.05) is 24.3 Å². The lowest BCUT2D eigenvalue weighted by atomic mass is 9.72. The average Bonchev–Trinajstić information content (AvgIpc) is 2.93. The molecule has 0 saturated carbocycles. The van der Waals surface area contributed by atoms with Crippen LogP contribution in [0, 0.1) is 5.92 Å². The number of aliphatic hydroxyl groups is 2. The molecule has 0 amide bonds. The molecule has 1 spiro atoms. The number of piperidine rings is 2. The third-order valence-corrected chi connectivity index (χ3v) is 7.32. The third kappa shape index (κ3) is 3.56. The maximum absolute atomic E-state index is 11.5. The van der Waals surface area contributed by atoms with Gasteiger partial charge in [-0.15, -0.1) is 0 Å². The summed E-state index contributed by atoms with van der Waals surface area (Å²) in [5.41, 5.74) is 2.64. The fourth-order valence-corrected chi connectivity index (χ4v) is 5.81. The van der Waals surface area contributed by atoms with Gasteiger partial charge >= 0.3 is 0 Å². The zero-order chi connectivity index (χ0) is 18.9. The lowest BCUT2D eigenvalue weighted by Crippen LogP contribution is -2.49. The van der Waals surface area contributed by atoms with Crippen LogP contribution < -0.4 is 5.32 Å². The monoisotopic (exact) mass is 373 g/mol. The first-order chi connectivity index (χ1) is 13.2. The first kappa shape index (κ1) is 19.3. The van der Waals surface area contributed by atoms with Crippen LogP contribution in [0.5, 0.6) is 0 Å². The minimum Gasteiger partial charge on any atom is -0.395 e. The summed E-state index contributed by atoms with van der Waals surface area (Å²) in [5, 5.41) is 24.1. The molecule has 27 heavy (non-hydrogen) atoms. The first-order valence-electron chi connectivity index (χ1n) is 10.7. The summed E-state index contributed by atoms with van der Waals surface area (Å²) in [5.74, 6) is 0.675. The molecule has 2 heterocycles. The van der Waals surface area contributed by atoms with Crippen molar-refractivity contribution in [2.75, 3.05) is 52.9 Å². The van der Waals surface area contributed by atoms with Gasteiger partial charge in [-0.3, -0.25) is 4.90 Å². The maximum atomic E-state index is 11.5. The van der Waals surface area contributed by atoms with Crippen LogP contribution in [0.1, 0.15) is 42.9 Å². The van der Waals surface area contributed by atoms with Gasteiger partial charge in [0.25, 0.3) is 0 Å². The Morgan fingerprint density at radius 3 is 2.59 bits per heavy atom. The lowest BCUT2D eigenvalue weighted by Gasteiger charge is -2.41. The van der Waals surface area contributed by atoms with Gasteiger partial charge in [0.15, 0.2) is 0 Å². The van der Waals surface area contributed by atoms with Gasteiger partial charge in [0, 0.05) is 18.5 Å². The highest BCUT2D eigenvalue weighted by molar-refractivity contribution is 5.45. The molecule has 0 bridgehead atoms. The molecule has 1 aromatic rings. The van der Waals surface area contributed by atoms with Gasteiger partial charge in [0.1, 0.15) is 0 Å². The maximum Gasteiger partial charge on any atom is 0.0834 e. The average molecular weight is 374 g/mol. The Morgan fingerprint density at radius 1 is 1.19 bits per heavy atom. The molecule has 4 rings (SSSR count). The van der Waals surface area contributed by atoms with Crippen LogP contribution >= 0.6 is 0 Å². The van der Waals surface area contributed by atoms with Gasteiger partial charge in [0.2, 0.25) is 0 Å². The molecule has 2 saturated heterocycles. The zero-order valence-corrected chi connectivity index (χ0v) is 16.6. The summed E-state index contributed by atoms with van der Waals surface area (Å²) < 4.78 is 0. The molecule has 3 N–H and O–H groups in total. The van der Waals surface area contributed by atoms with Crippen LogP contribution in [0.4, 0.5) is 0 Å². The number of benzene rings is 1. The largest absolute Gasteiger partial charge is 0.395 e. The number of nitrogens with one attached hydrogen (secondary N) is 1. The smallest absolute Gasteiger partial charge is 0.0834 e. The van der Waals surface area contributed by atoms with E-state index in [4.69, 9.17) is 5.11 Å². The van der Waals surface area contributed by atoms with Crippen molar-refractivity contribution < 1.29 is 10.2 Å². The summed E-state index contributed by atoms with van der Waals surface area (Å²) in [6, 6.07) is 8.86. The molecule has 2 fully saturated rings. The Hall–Kier alpha value is -0.980. The molecule has 150 valence electrons. The molecule has 0 radical (unpaired) electrons. The highest BCUT2D eigenvalue weighted by Gasteiger charge is 2.52. The van der Waals surface area contributed by atoms with E-state index in [1.54, 1.807) is 0 Å². The number of likely N-dealkylation sites (N-methyl/N-ethyl adjacent to an activating group) is 1. The van der Waals surface area contributed by atoms with Gasteiger partial charge in [-0.25, -0.2) is 0 Å². The number of hydrogen-bond donors (Lipinski definition) is 3. The van der Waals surface area contributed by atoms with E-state index in [1.807, 2.05) is 0 Å². The van der Waals surface area contributed by atoms with Gasteiger partial charge in [-0.2, -0.15) is 0 Å². The Labute approximate surface area is 163 Å². The molecule has 5 heteroatoms. The van der Waals surface area contributed by atoms with Crippen LogP contribution in [0.2, 0.25) is 0 Å². The SMILES string of the molecule is CN(CC1CCN(CCO)CC1)C1c2ccccc2C2(CCNCC2)C1O. The molecule has 1 aliphatic carbocycles. The van der Waals surface area contributed by atoms with E-state index < -0.39 is 0 Å². The molecule has 1 aromatic carbocycles. The van der Waals surface area contributed by atoms with E-state index >= 15 is 0 Å². The van der Waals surface area contributed by atoms with E-state index in [-0.39, 0.29) is 24.2 Å². The third-order valence-electron chi connectivity index (χ3n) is 7.32. The van der Waals surface area contributed by atoms with Gasteiger partial charge in [-0.05, 0) is 76.0 Å². The topological polar surface area (TPSA) is 59.0 Å². The summed E-state index contributed by atoms with van der Waals surface area (Å²) in [6.07, 6.45) is 4.09. The van der Waals surface area contributed by atoms with E-state index in [2.05, 4.69) is 46.4 Å². The van der Waals surface area contributed by atoms with Crippen molar-refractivity contribution in [3.8, 4) is 0 Å². The van der Waals surface area contributed by atoms with Gasteiger partial charge in [0.05, 0.1) is 18.8 Å². The summed E-state index contributed by atoms with van der Waals surface area (Å²) in [6.45, 7) is 6.24. The van der Waals surface area contributed by atoms with Crippen LogP contribution in [-0.2, 0) is 5.41 Å².